The summed E-state index contributed by atoms with van der Waals surface area (Å²) in [5.41, 5.74) is 8.17. The van der Waals surface area contributed by atoms with E-state index in [-0.39, 0.29) is 11.6 Å². The molecular formula is C17H29N3O. The van der Waals surface area contributed by atoms with Crippen LogP contribution in [0.15, 0.2) is 18.2 Å². The molecule has 0 atom stereocenters. The summed E-state index contributed by atoms with van der Waals surface area (Å²) in [4.78, 5) is 2.36. The Hall–Kier alpha value is -1.42. The van der Waals surface area contributed by atoms with E-state index < -0.39 is 0 Å². The van der Waals surface area contributed by atoms with Gasteiger partial charge in [0.05, 0.1) is 17.5 Å². The van der Waals surface area contributed by atoms with Crippen LogP contribution in [0.5, 0.6) is 5.75 Å². The standard InChI is InChI=1S/C17H29N3O/c1-13(2)21-15-9-7-8-14(16(15)18)19-12-17(20(3)4)10-5-6-11-17/h7-9,13,19H,5-6,10-12,18H2,1-4H3. The first-order valence-electron chi connectivity index (χ1n) is 7.91. The fourth-order valence-corrected chi connectivity index (χ4v) is 3.13. The van der Waals surface area contributed by atoms with Gasteiger partial charge in [-0.2, -0.15) is 0 Å². The molecule has 0 spiro atoms. The van der Waals surface area contributed by atoms with Gasteiger partial charge in [-0.15, -0.1) is 0 Å². The first kappa shape index (κ1) is 16.0. The number of nitrogen functional groups attached to an aromatic ring is 1. The molecule has 0 radical (unpaired) electrons. The van der Waals surface area contributed by atoms with E-state index in [9.17, 15) is 0 Å². The summed E-state index contributed by atoms with van der Waals surface area (Å²) in [6.45, 7) is 4.95. The van der Waals surface area contributed by atoms with E-state index >= 15 is 0 Å². The number of nitrogens with two attached hydrogens (primary N) is 1. The van der Waals surface area contributed by atoms with E-state index in [4.69, 9.17) is 10.5 Å². The molecule has 0 bridgehead atoms. The van der Waals surface area contributed by atoms with Crippen LogP contribution in [0.2, 0.25) is 0 Å². The molecule has 0 aromatic heterocycles. The van der Waals surface area contributed by atoms with Gasteiger partial charge in [-0.05, 0) is 52.9 Å². The summed E-state index contributed by atoms with van der Waals surface area (Å²) in [5.74, 6) is 0.764. The maximum atomic E-state index is 6.23. The molecule has 0 heterocycles. The number of benzene rings is 1. The zero-order valence-corrected chi connectivity index (χ0v) is 13.8. The Morgan fingerprint density at radius 2 is 1.95 bits per heavy atom. The van der Waals surface area contributed by atoms with Gasteiger partial charge in [-0.1, -0.05) is 18.9 Å². The van der Waals surface area contributed by atoms with Crippen LogP contribution in [0.25, 0.3) is 0 Å². The van der Waals surface area contributed by atoms with Gasteiger partial charge < -0.3 is 20.7 Å². The highest BCUT2D eigenvalue weighted by atomic mass is 16.5. The second kappa shape index (κ2) is 6.56. The fourth-order valence-electron chi connectivity index (χ4n) is 3.13. The number of likely N-dealkylation sites (N-methyl/N-ethyl adjacent to an activating group) is 1. The predicted octanol–water partition coefficient (Wildman–Crippen LogP) is 3.34. The molecule has 4 nitrogen and oxygen atoms in total. The van der Waals surface area contributed by atoms with E-state index in [2.05, 4.69) is 24.3 Å². The average Bonchev–Trinajstić information content (AvgIpc) is 2.89. The van der Waals surface area contributed by atoms with Crippen molar-refractivity contribution in [1.29, 1.82) is 0 Å². The Kier molecular flexibility index (Phi) is 4.99. The highest BCUT2D eigenvalue weighted by Gasteiger charge is 2.35. The number of ether oxygens (including phenoxy) is 1. The molecule has 2 rings (SSSR count). The summed E-state index contributed by atoms with van der Waals surface area (Å²) in [6.07, 6.45) is 5.24. The van der Waals surface area contributed by atoms with Crippen LogP contribution < -0.4 is 15.8 Å². The van der Waals surface area contributed by atoms with E-state index in [1.165, 1.54) is 25.7 Å². The lowest BCUT2D eigenvalue weighted by molar-refractivity contribution is 0.172. The van der Waals surface area contributed by atoms with Gasteiger partial charge in [-0.25, -0.2) is 0 Å². The maximum Gasteiger partial charge on any atom is 0.144 e. The molecular weight excluding hydrogens is 262 g/mol. The zero-order valence-electron chi connectivity index (χ0n) is 13.8. The van der Waals surface area contributed by atoms with E-state index in [0.717, 1.165) is 18.0 Å². The predicted molar refractivity (Wildman–Crippen MR) is 90.0 cm³/mol. The molecule has 1 aromatic rings. The molecule has 1 aromatic carbocycles. The van der Waals surface area contributed by atoms with Gasteiger partial charge in [0.1, 0.15) is 5.75 Å². The smallest absolute Gasteiger partial charge is 0.144 e. The number of rotatable bonds is 6. The van der Waals surface area contributed by atoms with E-state index in [1.807, 2.05) is 32.0 Å². The normalized spacial score (nSPS) is 17.4. The third-order valence-electron chi connectivity index (χ3n) is 4.52. The van der Waals surface area contributed by atoms with Gasteiger partial charge in [0.2, 0.25) is 0 Å². The first-order chi connectivity index (χ1) is 9.94. The maximum absolute atomic E-state index is 6.23. The van der Waals surface area contributed by atoms with Crippen molar-refractivity contribution in [1.82, 2.24) is 4.90 Å². The van der Waals surface area contributed by atoms with Gasteiger partial charge in [0, 0.05) is 12.1 Å². The number of nitrogens with zero attached hydrogens (tertiary/aromatic N) is 1. The van der Waals surface area contributed by atoms with Crippen molar-refractivity contribution in [2.24, 2.45) is 0 Å². The van der Waals surface area contributed by atoms with Crippen LogP contribution in [0, 0.1) is 0 Å². The van der Waals surface area contributed by atoms with Crippen LogP contribution in [0.4, 0.5) is 11.4 Å². The Balaban J connectivity index is 2.09. The highest BCUT2D eigenvalue weighted by molar-refractivity contribution is 5.73. The molecule has 1 aliphatic carbocycles. The zero-order chi connectivity index (χ0) is 15.5. The average molecular weight is 291 g/mol. The summed E-state index contributed by atoms with van der Waals surface area (Å²) in [7, 11) is 4.35. The Labute approximate surface area is 128 Å². The molecule has 0 saturated heterocycles. The van der Waals surface area contributed by atoms with E-state index in [0.29, 0.717) is 5.69 Å². The number of nitrogens with one attached hydrogen (secondary N) is 1. The lowest BCUT2D eigenvalue weighted by Crippen LogP contribution is -2.47. The van der Waals surface area contributed by atoms with Crippen LogP contribution in [-0.2, 0) is 0 Å². The number of hydrogen-bond donors (Lipinski definition) is 2. The molecule has 0 amide bonds. The number of anilines is 2. The van der Waals surface area contributed by atoms with Crippen molar-refractivity contribution in [3.63, 3.8) is 0 Å². The van der Waals surface area contributed by atoms with Crippen LogP contribution in [0.1, 0.15) is 39.5 Å². The van der Waals surface area contributed by atoms with Crippen LogP contribution >= 0.6 is 0 Å². The molecule has 3 N–H and O–H groups in total. The van der Waals surface area contributed by atoms with Crippen molar-refractivity contribution in [3.05, 3.63) is 18.2 Å². The largest absolute Gasteiger partial charge is 0.489 e. The van der Waals surface area contributed by atoms with E-state index in [1.54, 1.807) is 0 Å². The SMILES string of the molecule is CC(C)Oc1cccc(NCC2(N(C)C)CCCC2)c1N. The minimum absolute atomic E-state index is 0.130. The summed E-state index contributed by atoms with van der Waals surface area (Å²) in [6, 6.07) is 5.95. The first-order valence-corrected chi connectivity index (χ1v) is 7.91. The second-order valence-corrected chi connectivity index (χ2v) is 6.56. The van der Waals surface area contributed by atoms with Crippen molar-refractivity contribution >= 4 is 11.4 Å². The lowest BCUT2D eigenvalue weighted by Gasteiger charge is -2.37. The Morgan fingerprint density at radius 1 is 1.29 bits per heavy atom. The highest BCUT2D eigenvalue weighted by Crippen LogP contribution is 2.36. The Bertz CT molecular complexity index is 465. The summed E-state index contributed by atoms with van der Waals surface area (Å²) < 4.78 is 5.75. The van der Waals surface area contributed by atoms with Crippen molar-refractivity contribution in [2.45, 2.75) is 51.2 Å². The van der Waals surface area contributed by atoms with Crippen LogP contribution in [0.3, 0.4) is 0 Å². The van der Waals surface area contributed by atoms with Gasteiger partial charge >= 0.3 is 0 Å². The van der Waals surface area contributed by atoms with Crippen molar-refractivity contribution in [3.8, 4) is 5.75 Å². The molecule has 118 valence electrons. The monoisotopic (exact) mass is 291 g/mol. The Morgan fingerprint density at radius 3 is 2.52 bits per heavy atom. The van der Waals surface area contributed by atoms with Gasteiger partial charge in [0.15, 0.2) is 0 Å². The fraction of sp³-hybridized carbons (Fsp3) is 0.647. The molecule has 4 heteroatoms. The third kappa shape index (κ3) is 3.62. The summed E-state index contributed by atoms with van der Waals surface area (Å²) in [5, 5.41) is 3.54. The molecule has 1 saturated carbocycles. The molecule has 1 fully saturated rings. The third-order valence-corrected chi connectivity index (χ3v) is 4.52. The minimum atomic E-state index is 0.130. The topological polar surface area (TPSA) is 50.5 Å². The minimum Gasteiger partial charge on any atom is -0.489 e. The molecule has 1 aliphatic rings. The van der Waals surface area contributed by atoms with Gasteiger partial charge in [0.25, 0.3) is 0 Å². The number of hydrogen-bond acceptors (Lipinski definition) is 4. The van der Waals surface area contributed by atoms with Crippen molar-refractivity contribution < 1.29 is 4.74 Å². The second-order valence-electron chi connectivity index (χ2n) is 6.56. The van der Waals surface area contributed by atoms with Crippen LogP contribution in [-0.4, -0.2) is 37.2 Å². The van der Waals surface area contributed by atoms with Gasteiger partial charge in [-0.3, -0.25) is 0 Å². The molecule has 0 aliphatic heterocycles. The number of para-hydroxylation sites is 1. The summed E-state index contributed by atoms with van der Waals surface area (Å²) >= 11 is 0. The molecule has 21 heavy (non-hydrogen) atoms. The molecule has 0 unspecified atom stereocenters. The quantitative estimate of drug-likeness (QED) is 0.789. The van der Waals surface area contributed by atoms with Crippen molar-refractivity contribution in [2.75, 3.05) is 31.7 Å². The lowest BCUT2D eigenvalue weighted by atomic mass is 9.96.